The van der Waals surface area contributed by atoms with Crippen LogP contribution < -0.4 is 10.5 Å². The molecule has 4 heteroatoms. The predicted molar refractivity (Wildman–Crippen MR) is 73.4 cm³/mol. The molecular formula is C14H13BrFNO. The highest BCUT2D eigenvalue weighted by Crippen LogP contribution is 2.30. The Kier molecular flexibility index (Phi) is 4.33. The minimum Gasteiger partial charge on any atom is -0.456 e. The Bertz CT molecular complexity index is 545. The number of nitrogens with two attached hydrogens (primary N) is 1. The van der Waals surface area contributed by atoms with Crippen molar-refractivity contribution in [3.63, 3.8) is 0 Å². The lowest BCUT2D eigenvalue weighted by Crippen LogP contribution is -2.02. The number of halogens is 2. The van der Waals surface area contributed by atoms with Crippen LogP contribution in [0.5, 0.6) is 11.5 Å². The Hall–Kier alpha value is -1.39. The molecule has 0 aliphatic rings. The largest absolute Gasteiger partial charge is 0.456 e. The Morgan fingerprint density at radius 1 is 1.17 bits per heavy atom. The first kappa shape index (κ1) is 13.1. The van der Waals surface area contributed by atoms with Crippen LogP contribution in [0, 0.1) is 5.82 Å². The minimum absolute atomic E-state index is 0.316. The van der Waals surface area contributed by atoms with Crippen LogP contribution in [0.2, 0.25) is 0 Å². The zero-order chi connectivity index (χ0) is 13.0. The van der Waals surface area contributed by atoms with Gasteiger partial charge in [-0.15, -0.1) is 0 Å². The van der Waals surface area contributed by atoms with E-state index in [9.17, 15) is 4.39 Å². The van der Waals surface area contributed by atoms with Gasteiger partial charge in [-0.2, -0.15) is 0 Å². The van der Waals surface area contributed by atoms with E-state index in [2.05, 4.69) is 15.9 Å². The molecule has 0 bridgehead atoms. The number of rotatable bonds is 4. The molecule has 2 aromatic carbocycles. The van der Waals surface area contributed by atoms with Crippen LogP contribution in [-0.2, 0) is 6.42 Å². The van der Waals surface area contributed by atoms with Gasteiger partial charge >= 0.3 is 0 Å². The molecule has 2 nitrogen and oxygen atoms in total. The average molecular weight is 310 g/mol. The van der Waals surface area contributed by atoms with Gasteiger partial charge in [-0.3, -0.25) is 0 Å². The number of ether oxygens (including phenoxy) is 1. The van der Waals surface area contributed by atoms with Gasteiger partial charge in [-0.05, 0) is 58.7 Å². The van der Waals surface area contributed by atoms with E-state index in [1.165, 1.54) is 12.1 Å². The van der Waals surface area contributed by atoms with Gasteiger partial charge in [0.2, 0.25) is 0 Å². The van der Waals surface area contributed by atoms with Crippen LogP contribution in [0.15, 0.2) is 46.9 Å². The highest BCUT2D eigenvalue weighted by atomic mass is 79.9. The number of hydrogen-bond donors (Lipinski definition) is 1. The Labute approximate surface area is 114 Å². The molecule has 0 aliphatic carbocycles. The molecule has 0 saturated carbocycles. The van der Waals surface area contributed by atoms with Crippen molar-refractivity contribution < 1.29 is 9.13 Å². The Balaban J connectivity index is 2.19. The van der Waals surface area contributed by atoms with Crippen LogP contribution in [0.1, 0.15) is 5.56 Å². The third kappa shape index (κ3) is 3.31. The van der Waals surface area contributed by atoms with E-state index in [0.29, 0.717) is 18.0 Å². The zero-order valence-electron chi connectivity index (χ0n) is 9.70. The van der Waals surface area contributed by atoms with Crippen LogP contribution in [-0.4, -0.2) is 6.54 Å². The van der Waals surface area contributed by atoms with E-state index in [-0.39, 0.29) is 5.82 Å². The molecule has 0 fully saturated rings. The van der Waals surface area contributed by atoms with E-state index in [1.807, 2.05) is 18.2 Å². The van der Waals surface area contributed by atoms with E-state index in [0.717, 1.165) is 16.5 Å². The molecule has 0 amide bonds. The second-order valence-corrected chi connectivity index (χ2v) is 4.72. The average Bonchev–Trinajstić information content (AvgIpc) is 2.33. The summed E-state index contributed by atoms with van der Waals surface area (Å²) in [5, 5.41) is 0. The van der Waals surface area contributed by atoms with E-state index >= 15 is 0 Å². The summed E-state index contributed by atoms with van der Waals surface area (Å²) in [4.78, 5) is 0. The number of hydrogen-bond acceptors (Lipinski definition) is 2. The molecule has 0 aliphatic heterocycles. The fourth-order valence-corrected chi connectivity index (χ4v) is 2.11. The zero-order valence-corrected chi connectivity index (χ0v) is 11.3. The lowest BCUT2D eigenvalue weighted by atomic mass is 10.1. The second kappa shape index (κ2) is 5.98. The molecule has 0 saturated heterocycles. The van der Waals surface area contributed by atoms with Crippen molar-refractivity contribution in [1.29, 1.82) is 0 Å². The summed E-state index contributed by atoms with van der Waals surface area (Å²) in [6.07, 6.45) is 0.818. The molecule has 94 valence electrons. The second-order valence-electron chi connectivity index (χ2n) is 3.86. The molecule has 0 unspecified atom stereocenters. The molecule has 0 aromatic heterocycles. The van der Waals surface area contributed by atoms with Gasteiger partial charge in [0.1, 0.15) is 17.3 Å². The molecular weight excluding hydrogens is 297 g/mol. The van der Waals surface area contributed by atoms with Gasteiger partial charge in [0, 0.05) is 6.07 Å². The lowest BCUT2D eigenvalue weighted by molar-refractivity contribution is 0.473. The van der Waals surface area contributed by atoms with Crippen molar-refractivity contribution in [1.82, 2.24) is 0 Å². The third-order valence-electron chi connectivity index (χ3n) is 2.45. The third-order valence-corrected chi connectivity index (χ3v) is 3.07. The topological polar surface area (TPSA) is 35.2 Å². The standard InChI is InChI=1S/C14H13BrFNO/c15-13-8-10(6-7-17)4-5-14(13)18-12-3-1-2-11(16)9-12/h1-5,8-9H,6-7,17H2. The molecule has 2 rings (SSSR count). The van der Waals surface area contributed by atoms with Crippen molar-refractivity contribution >= 4 is 15.9 Å². The summed E-state index contributed by atoms with van der Waals surface area (Å²) in [7, 11) is 0. The van der Waals surface area contributed by atoms with Crippen molar-refractivity contribution in [3.05, 3.63) is 58.3 Å². The summed E-state index contributed by atoms with van der Waals surface area (Å²) in [6.45, 7) is 0.608. The molecule has 0 atom stereocenters. The SMILES string of the molecule is NCCc1ccc(Oc2cccc(F)c2)c(Br)c1. The summed E-state index contributed by atoms with van der Waals surface area (Å²) in [5.74, 6) is 0.812. The van der Waals surface area contributed by atoms with Gasteiger partial charge in [0.05, 0.1) is 4.47 Å². The first-order valence-corrected chi connectivity index (χ1v) is 6.40. The van der Waals surface area contributed by atoms with Crippen molar-refractivity contribution in [2.75, 3.05) is 6.54 Å². The van der Waals surface area contributed by atoms with Crippen LogP contribution in [0.3, 0.4) is 0 Å². The van der Waals surface area contributed by atoms with Gasteiger partial charge in [-0.25, -0.2) is 4.39 Å². The maximum absolute atomic E-state index is 13.0. The van der Waals surface area contributed by atoms with Crippen LogP contribution in [0.4, 0.5) is 4.39 Å². The maximum atomic E-state index is 13.0. The number of benzene rings is 2. The van der Waals surface area contributed by atoms with Crippen molar-refractivity contribution in [2.45, 2.75) is 6.42 Å². The fraction of sp³-hybridized carbons (Fsp3) is 0.143. The molecule has 0 heterocycles. The molecule has 0 radical (unpaired) electrons. The first-order valence-electron chi connectivity index (χ1n) is 5.61. The quantitative estimate of drug-likeness (QED) is 0.930. The van der Waals surface area contributed by atoms with Crippen molar-refractivity contribution in [2.24, 2.45) is 5.73 Å². The van der Waals surface area contributed by atoms with Crippen LogP contribution in [0.25, 0.3) is 0 Å². The molecule has 2 N–H and O–H groups in total. The summed E-state index contributed by atoms with van der Waals surface area (Å²) >= 11 is 3.43. The van der Waals surface area contributed by atoms with Gasteiger partial charge in [0.25, 0.3) is 0 Å². The Morgan fingerprint density at radius 3 is 2.67 bits per heavy atom. The predicted octanol–water partition coefficient (Wildman–Crippen LogP) is 3.88. The fourth-order valence-electron chi connectivity index (χ4n) is 1.61. The van der Waals surface area contributed by atoms with Gasteiger partial charge in [-0.1, -0.05) is 12.1 Å². The Morgan fingerprint density at radius 2 is 2.00 bits per heavy atom. The van der Waals surface area contributed by atoms with Crippen LogP contribution >= 0.6 is 15.9 Å². The smallest absolute Gasteiger partial charge is 0.141 e. The van der Waals surface area contributed by atoms with E-state index < -0.39 is 0 Å². The monoisotopic (exact) mass is 309 g/mol. The molecule has 18 heavy (non-hydrogen) atoms. The highest BCUT2D eigenvalue weighted by Gasteiger charge is 2.04. The maximum Gasteiger partial charge on any atom is 0.141 e. The van der Waals surface area contributed by atoms with Crippen molar-refractivity contribution in [3.8, 4) is 11.5 Å². The molecule has 0 spiro atoms. The summed E-state index contributed by atoms with van der Waals surface area (Å²) in [6, 6.07) is 11.8. The van der Waals surface area contributed by atoms with Gasteiger partial charge < -0.3 is 10.5 Å². The molecule has 2 aromatic rings. The normalized spacial score (nSPS) is 10.4. The highest BCUT2D eigenvalue weighted by molar-refractivity contribution is 9.10. The summed E-state index contributed by atoms with van der Waals surface area (Å²) < 4.78 is 19.5. The van der Waals surface area contributed by atoms with E-state index in [4.69, 9.17) is 10.5 Å². The van der Waals surface area contributed by atoms with Gasteiger partial charge in [0.15, 0.2) is 0 Å². The summed E-state index contributed by atoms with van der Waals surface area (Å²) in [5.41, 5.74) is 6.64. The lowest BCUT2D eigenvalue weighted by Gasteiger charge is -2.09. The minimum atomic E-state index is -0.316. The van der Waals surface area contributed by atoms with E-state index in [1.54, 1.807) is 12.1 Å². The first-order chi connectivity index (χ1) is 8.69.